The molecule has 14 heteroatoms. The molecule has 1 amide bonds. The maximum absolute atomic E-state index is 13.3. The number of carbonyl (C=O) groups is 1. The second kappa shape index (κ2) is 10.0. The number of halogens is 6. The second-order valence-corrected chi connectivity index (χ2v) is 8.41. The molecule has 3 rings (SSSR count). The van der Waals surface area contributed by atoms with E-state index in [0.29, 0.717) is 12.1 Å². The van der Waals surface area contributed by atoms with E-state index in [1.807, 2.05) is 12.1 Å². The van der Waals surface area contributed by atoms with Gasteiger partial charge in [0, 0.05) is 32.9 Å². The number of hydrogen-bond donors (Lipinski definition) is 0. The minimum Gasteiger partial charge on any atom is -0.360 e. The number of rotatable bonds is 5. The van der Waals surface area contributed by atoms with Gasteiger partial charge in [-0.2, -0.15) is 36.9 Å². The van der Waals surface area contributed by atoms with Crippen molar-refractivity contribution in [1.82, 2.24) is 19.7 Å². The van der Waals surface area contributed by atoms with Crippen LogP contribution in [0.3, 0.4) is 0 Å². The van der Waals surface area contributed by atoms with Crippen LogP contribution in [0.5, 0.6) is 0 Å². The summed E-state index contributed by atoms with van der Waals surface area (Å²) in [7, 11) is 4.38. The van der Waals surface area contributed by atoms with E-state index in [1.54, 1.807) is 14.1 Å². The Kier molecular flexibility index (Phi) is 7.40. The summed E-state index contributed by atoms with van der Waals surface area (Å²) < 4.78 is 81.2. The number of anilines is 1. The van der Waals surface area contributed by atoms with Gasteiger partial charge in [-0.05, 0) is 37.3 Å². The fourth-order valence-corrected chi connectivity index (χ4v) is 3.62. The standard InChI is InChI=1S/C24H19F6N7O/c1-13(36(4)22(38)15-7-16(23(25,26)27)9-17(8-15)24(28,29)30)20-18(11-32)21(35(2)3)34-37(20)19-6-5-14(10-31)12-33-19/h5-9,12-13H,1-4H3. The molecule has 0 spiro atoms. The van der Waals surface area contributed by atoms with Crippen LogP contribution in [0.2, 0.25) is 0 Å². The van der Waals surface area contributed by atoms with Crippen LogP contribution in [0.4, 0.5) is 32.2 Å². The largest absolute Gasteiger partial charge is 0.416 e. The first-order valence-corrected chi connectivity index (χ1v) is 10.7. The highest BCUT2D eigenvalue weighted by atomic mass is 19.4. The number of aromatic nitrogens is 3. The second-order valence-electron chi connectivity index (χ2n) is 8.41. The van der Waals surface area contributed by atoms with Crippen molar-refractivity contribution in [2.75, 3.05) is 26.0 Å². The number of carbonyl (C=O) groups excluding carboxylic acids is 1. The third-order valence-corrected chi connectivity index (χ3v) is 5.66. The summed E-state index contributed by atoms with van der Waals surface area (Å²) in [4.78, 5) is 19.8. The lowest BCUT2D eigenvalue weighted by Crippen LogP contribution is -2.32. The van der Waals surface area contributed by atoms with Gasteiger partial charge in [-0.15, -0.1) is 5.10 Å². The Bertz CT molecular complexity index is 1410. The molecule has 2 aromatic heterocycles. The Morgan fingerprint density at radius 1 is 0.974 bits per heavy atom. The number of benzene rings is 1. The number of pyridine rings is 1. The predicted octanol–water partition coefficient (Wildman–Crippen LogP) is 4.95. The van der Waals surface area contributed by atoms with Crippen LogP contribution in [0.15, 0.2) is 36.5 Å². The lowest BCUT2D eigenvalue weighted by Gasteiger charge is -2.26. The number of nitrogens with zero attached hydrogens (tertiary/aromatic N) is 7. The summed E-state index contributed by atoms with van der Waals surface area (Å²) in [6.45, 7) is 1.44. The van der Waals surface area contributed by atoms with E-state index in [0.717, 1.165) is 4.90 Å². The minimum absolute atomic E-state index is 0.00772. The van der Waals surface area contributed by atoms with E-state index in [2.05, 4.69) is 10.1 Å². The Balaban J connectivity index is 2.16. The topological polar surface area (TPSA) is 102 Å². The molecular formula is C24H19F6N7O. The van der Waals surface area contributed by atoms with Crippen LogP contribution < -0.4 is 4.90 Å². The quantitative estimate of drug-likeness (QED) is 0.429. The first-order valence-electron chi connectivity index (χ1n) is 10.7. The molecule has 0 N–H and O–H groups in total. The van der Waals surface area contributed by atoms with Crippen molar-refractivity contribution in [2.24, 2.45) is 0 Å². The van der Waals surface area contributed by atoms with E-state index in [4.69, 9.17) is 5.26 Å². The summed E-state index contributed by atoms with van der Waals surface area (Å²) in [5.74, 6) is -0.806. The zero-order valence-electron chi connectivity index (χ0n) is 20.3. The summed E-state index contributed by atoms with van der Waals surface area (Å²) in [6.07, 6.45) is -9.01. The summed E-state index contributed by atoms with van der Waals surface area (Å²) in [6, 6.07) is 6.32. The normalized spacial score (nSPS) is 12.4. The van der Waals surface area contributed by atoms with Crippen LogP contribution in [0.1, 0.15) is 51.3 Å². The lowest BCUT2D eigenvalue weighted by atomic mass is 10.0. The van der Waals surface area contributed by atoms with Crippen LogP contribution in [0.25, 0.3) is 5.82 Å². The molecule has 2 heterocycles. The van der Waals surface area contributed by atoms with Gasteiger partial charge in [-0.25, -0.2) is 9.67 Å². The number of hydrogen-bond acceptors (Lipinski definition) is 6. The fourth-order valence-electron chi connectivity index (χ4n) is 3.62. The Labute approximate surface area is 212 Å². The maximum atomic E-state index is 13.3. The average molecular weight is 535 g/mol. The van der Waals surface area contributed by atoms with Crippen molar-refractivity contribution >= 4 is 11.7 Å². The van der Waals surface area contributed by atoms with Gasteiger partial charge in [0.1, 0.15) is 17.7 Å². The lowest BCUT2D eigenvalue weighted by molar-refractivity contribution is -0.143. The van der Waals surface area contributed by atoms with Crippen LogP contribution in [0, 0.1) is 22.7 Å². The van der Waals surface area contributed by atoms with Gasteiger partial charge in [-0.1, -0.05) is 0 Å². The van der Waals surface area contributed by atoms with E-state index >= 15 is 0 Å². The zero-order chi connectivity index (χ0) is 28.6. The Morgan fingerprint density at radius 3 is 1.97 bits per heavy atom. The van der Waals surface area contributed by atoms with Gasteiger partial charge in [0.25, 0.3) is 5.91 Å². The van der Waals surface area contributed by atoms with Crippen molar-refractivity contribution in [3.05, 3.63) is 70.0 Å². The number of alkyl halides is 6. The zero-order valence-corrected chi connectivity index (χ0v) is 20.3. The first kappa shape index (κ1) is 28.0. The van der Waals surface area contributed by atoms with E-state index in [-0.39, 0.29) is 34.5 Å². The fraction of sp³-hybridized carbons (Fsp3) is 0.292. The van der Waals surface area contributed by atoms with Gasteiger partial charge in [-0.3, -0.25) is 4.79 Å². The van der Waals surface area contributed by atoms with Crippen molar-refractivity contribution < 1.29 is 31.1 Å². The molecule has 3 aromatic rings. The molecule has 1 aromatic carbocycles. The minimum atomic E-state index is -5.13. The third kappa shape index (κ3) is 5.39. The summed E-state index contributed by atoms with van der Waals surface area (Å²) in [5, 5.41) is 23.3. The van der Waals surface area contributed by atoms with E-state index < -0.39 is 41.0 Å². The van der Waals surface area contributed by atoms with Gasteiger partial charge in [0.15, 0.2) is 11.6 Å². The highest BCUT2D eigenvalue weighted by Crippen LogP contribution is 2.37. The maximum Gasteiger partial charge on any atom is 0.416 e. The molecule has 198 valence electrons. The molecule has 0 fully saturated rings. The molecule has 0 aliphatic rings. The molecule has 0 bridgehead atoms. The van der Waals surface area contributed by atoms with Gasteiger partial charge in [0.05, 0.1) is 28.4 Å². The van der Waals surface area contributed by atoms with Crippen molar-refractivity contribution in [3.63, 3.8) is 0 Å². The van der Waals surface area contributed by atoms with Crippen molar-refractivity contribution in [3.8, 4) is 18.0 Å². The summed E-state index contributed by atoms with van der Waals surface area (Å²) >= 11 is 0. The predicted molar refractivity (Wildman–Crippen MR) is 122 cm³/mol. The van der Waals surface area contributed by atoms with Crippen LogP contribution >= 0.6 is 0 Å². The Morgan fingerprint density at radius 2 is 1.55 bits per heavy atom. The summed E-state index contributed by atoms with van der Waals surface area (Å²) in [5.41, 5.74) is -3.75. The number of nitriles is 2. The van der Waals surface area contributed by atoms with Crippen LogP contribution in [-0.2, 0) is 12.4 Å². The van der Waals surface area contributed by atoms with Gasteiger partial charge in [0.2, 0.25) is 0 Å². The number of amides is 1. The molecule has 0 aliphatic heterocycles. The molecule has 8 nitrogen and oxygen atoms in total. The molecule has 0 aliphatic carbocycles. The molecule has 0 radical (unpaired) electrons. The van der Waals surface area contributed by atoms with E-state index in [9.17, 15) is 36.4 Å². The van der Waals surface area contributed by atoms with Crippen molar-refractivity contribution in [1.29, 1.82) is 10.5 Å². The molecule has 1 atom stereocenters. The van der Waals surface area contributed by atoms with Crippen molar-refractivity contribution in [2.45, 2.75) is 25.3 Å². The molecule has 1 unspecified atom stereocenters. The highest BCUT2D eigenvalue weighted by molar-refractivity contribution is 5.95. The first-order chi connectivity index (χ1) is 17.6. The third-order valence-electron chi connectivity index (χ3n) is 5.66. The van der Waals surface area contributed by atoms with E-state index in [1.165, 1.54) is 41.9 Å². The molecule has 0 saturated heterocycles. The van der Waals surface area contributed by atoms with Gasteiger partial charge >= 0.3 is 12.4 Å². The van der Waals surface area contributed by atoms with Gasteiger partial charge < -0.3 is 9.80 Å². The Hall–Kier alpha value is -4.59. The monoisotopic (exact) mass is 535 g/mol. The van der Waals surface area contributed by atoms with Crippen LogP contribution in [-0.4, -0.2) is 46.7 Å². The molecular weight excluding hydrogens is 516 g/mol. The molecule has 38 heavy (non-hydrogen) atoms. The highest BCUT2D eigenvalue weighted by Gasteiger charge is 2.38. The SMILES string of the molecule is CC(c1c(C#N)c(N(C)C)nn1-c1ccc(C#N)cn1)N(C)C(=O)c1cc(C(F)(F)F)cc(C(F)(F)F)c1. The molecule has 0 saturated carbocycles. The smallest absolute Gasteiger partial charge is 0.360 e. The average Bonchev–Trinajstić information content (AvgIpc) is 3.26.